The first-order valence-corrected chi connectivity index (χ1v) is 8.03. The second-order valence-corrected chi connectivity index (χ2v) is 6.88. The van der Waals surface area contributed by atoms with Gasteiger partial charge in [-0.15, -0.1) is 0 Å². The first kappa shape index (κ1) is 15.4. The smallest absolute Gasteiger partial charge is 0.321 e. The van der Waals surface area contributed by atoms with Crippen molar-refractivity contribution in [3.8, 4) is 0 Å². The van der Waals surface area contributed by atoms with Gasteiger partial charge in [-0.05, 0) is 18.6 Å². The molecular weight excluding hydrogens is 294 g/mol. The van der Waals surface area contributed by atoms with Crippen LogP contribution in [0, 0.1) is 10.1 Å². The van der Waals surface area contributed by atoms with Crippen LogP contribution in [0.4, 0.5) is 16.2 Å². The van der Waals surface area contributed by atoms with E-state index in [2.05, 4.69) is 5.32 Å². The molecule has 0 spiro atoms. The van der Waals surface area contributed by atoms with Gasteiger partial charge in [-0.2, -0.15) is 0 Å². The highest BCUT2D eigenvalue weighted by molar-refractivity contribution is 7.85. The number of urea groups is 1. The Labute approximate surface area is 124 Å². The number of benzene rings is 1. The first-order valence-electron chi connectivity index (χ1n) is 6.65. The SMILES string of the molecule is C[C@H]1CCN(C(=O)Nc2ccc([N+](=O)[O-])cc2)CC[S@@]1=O. The van der Waals surface area contributed by atoms with Gasteiger partial charge in [0.05, 0.1) is 4.92 Å². The molecule has 0 saturated carbocycles. The summed E-state index contributed by atoms with van der Waals surface area (Å²) in [6, 6.07) is 5.41. The predicted octanol–water partition coefficient (Wildman–Crippen LogP) is 1.97. The molecule has 1 aromatic rings. The molecule has 1 aliphatic rings. The van der Waals surface area contributed by atoms with Crippen LogP contribution in [0.2, 0.25) is 0 Å². The molecule has 0 radical (unpaired) electrons. The van der Waals surface area contributed by atoms with Crippen molar-refractivity contribution in [2.45, 2.75) is 18.6 Å². The highest BCUT2D eigenvalue weighted by Crippen LogP contribution is 2.16. The van der Waals surface area contributed by atoms with Crippen LogP contribution in [0.15, 0.2) is 24.3 Å². The van der Waals surface area contributed by atoms with E-state index in [9.17, 15) is 19.1 Å². The lowest BCUT2D eigenvalue weighted by Crippen LogP contribution is -2.36. The van der Waals surface area contributed by atoms with Crippen molar-refractivity contribution in [3.05, 3.63) is 34.4 Å². The molecule has 8 heteroatoms. The average Bonchev–Trinajstić information content (AvgIpc) is 2.62. The molecule has 0 bridgehead atoms. The maximum absolute atomic E-state index is 12.1. The Hall–Kier alpha value is -1.96. The topological polar surface area (TPSA) is 92.6 Å². The van der Waals surface area contributed by atoms with Gasteiger partial charge in [-0.25, -0.2) is 4.79 Å². The third-order valence-corrected chi connectivity index (χ3v) is 5.15. The average molecular weight is 311 g/mol. The number of non-ortho nitro benzene ring substituents is 1. The van der Waals surface area contributed by atoms with Crippen molar-refractivity contribution in [3.63, 3.8) is 0 Å². The number of anilines is 1. The van der Waals surface area contributed by atoms with Crippen LogP contribution >= 0.6 is 0 Å². The number of carbonyl (C=O) groups excluding carboxylic acids is 1. The van der Waals surface area contributed by atoms with Crippen LogP contribution in [0.1, 0.15) is 13.3 Å². The molecular formula is C13H17N3O4S. The summed E-state index contributed by atoms with van der Waals surface area (Å²) in [5.74, 6) is 0.481. The monoisotopic (exact) mass is 311 g/mol. The molecule has 2 atom stereocenters. The van der Waals surface area contributed by atoms with E-state index in [0.717, 1.165) is 0 Å². The fourth-order valence-corrected chi connectivity index (χ4v) is 3.23. The van der Waals surface area contributed by atoms with Gasteiger partial charge in [-0.1, -0.05) is 6.92 Å². The molecule has 2 amide bonds. The summed E-state index contributed by atoms with van der Waals surface area (Å²) in [5.41, 5.74) is 0.482. The van der Waals surface area contributed by atoms with E-state index in [1.54, 1.807) is 4.90 Å². The molecule has 2 rings (SSSR count). The quantitative estimate of drug-likeness (QED) is 0.667. The fourth-order valence-electron chi connectivity index (χ4n) is 2.05. The Bertz CT molecular complexity index is 561. The van der Waals surface area contributed by atoms with Crippen LogP contribution in [0.3, 0.4) is 0 Å². The lowest BCUT2D eigenvalue weighted by molar-refractivity contribution is -0.384. The van der Waals surface area contributed by atoms with Gasteiger partial charge in [0.15, 0.2) is 0 Å². The lowest BCUT2D eigenvalue weighted by atomic mass is 10.3. The van der Waals surface area contributed by atoms with Crippen molar-refractivity contribution in [1.82, 2.24) is 4.90 Å². The molecule has 0 unspecified atom stereocenters. The van der Waals surface area contributed by atoms with Gasteiger partial charge in [0.1, 0.15) is 0 Å². The number of nitrogens with one attached hydrogen (secondary N) is 1. The summed E-state index contributed by atoms with van der Waals surface area (Å²) in [4.78, 5) is 23.8. The van der Waals surface area contributed by atoms with Crippen molar-refractivity contribution >= 4 is 28.2 Å². The Kier molecular flexibility index (Phi) is 4.89. The maximum atomic E-state index is 12.1. The highest BCUT2D eigenvalue weighted by atomic mass is 32.2. The van der Waals surface area contributed by atoms with E-state index in [0.29, 0.717) is 31.0 Å². The van der Waals surface area contributed by atoms with E-state index < -0.39 is 15.7 Å². The molecule has 1 heterocycles. The highest BCUT2D eigenvalue weighted by Gasteiger charge is 2.22. The van der Waals surface area contributed by atoms with Gasteiger partial charge in [-0.3, -0.25) is 14.3 Å². The first-order chi connectivity index (χ1) is 9.97. The van der Waals surface area contributed by atoms with Crippen LogP contribution in [0.5, 0.6) is 0 Å². The van der Waals surface area contributed by atoms with E-state index in [1.807, 2.05) is 6.92 Å². The molecule has 0 aromatic heterocycles. The summed E-state index contributed by atoms with van der Waals surface area (Å²) in [5, 5.41) is 13.4. The van der Waals surface area contributed by atoms with Crippen LogP contribution in [-0.2, 0) is 10.8 Å². The predicted molar refractivity (Wildman–Crippen MR) is 80.8 cm³/mol. The summed E-state index contributed by atoms with van der Waals surface area (Å²) in [7, 11) is -0.891. The Morgan fingerprint density at radius 1 is 1.38 bits per heavy atom. The van der Waals surface area contributed by atoms with Crippen LogP contribution < -0.4 is 5.32 Å². The number of hydrogen-bond acceptors (Lipinski definition) is 4. The summed E-state index contributed by atoms with van der Waals surface area (Å²) in [6.07, 6.45) is 0.709. The summed E-state index contributed by atoms with van der Waals surface area (Å²) in [6.45, 7) is 2.94. The van der Waals surface area contributed by atoms with Gasteiger partial charge in [0.2, 0.25) is 0 Å². The summed E-state index contributed by atoms with van der Waals surface area (Å²) < 4.78 is 11.7. The molecule has 1 aromatic carbocycles. The van der Waals surface area contributed by atoms with Gasteiger partial charge in [0, 0.05) is 52.7 Å². The largest absolute Gasteiger partial charge is 0.324 e. The van der Waals surface area contributed by atoms with Crippen LogP contribution in [0.25, 0.3) is 0 Å². The lowest BCUT2D eigenvalue weighted by Gasteiger charge is -2.20. The number of nitro groups is 1. The van der Waals surface area contributed by atoms with Crippen LogP contribution in [-0.4, -0.2) is 44.2 Å². The standard InChI is InChI=1S/C13H17N3O4S/c1-10-6-7-15(8-9-21(10)20)13(17)14-11-2-4-12(5-3-11)16(18)19/h2-5,10H,6-9H2,1H3,(H,14,17)/t10-,21-/m0/s1. The van der Waals surface area contributed by atoms with Crippen molar-refractivity contribution in [2.75, 3.05) is 24.2 Å². The van der Waals surface area contributed by atoms with E-state index >= 15 is 0 Å². The molecule has 0 aliphatic carbocycles. The fraction of sp³-hybridized carbons (Fsp3) is 0.462. The molecule has 7 nitrogen and oxygen atoms in total. The van der Waals surface area contributed by atoms with E-state index in [-0.39, 0.29) is 17.0 Å². The third-order valence-electron chi connectivity index (χ3n) is 3.43. The minimum absolute atomic E-state index is 0.0213. The maximum Gasteiger partial charge on any atom is 0.321 e. The van der Waals surface area contributed by atoms with Gasteiger partial charge < -0.3 is 10.2 Å². The zero-order valence-corrected chi connectivity index (χ0v) is 12.5. The minimum atomic E-state index is -0.891. The van der Waals surface area contributed by atoms with Crippen molar-refractivity contribution in [2.24, 2.45) is 0 Å². The third kappa shape index (κ3) is 4.01. The Balaban J connectivity index is 1.97. The Morgan fingerprint density at radius 3 is 2.67 bits per heavy atom. The second kappa shape index (κ2) is 6.66. The Morgan fingerprint density at radius 2 is 2.05 bits per heavy atom. The molecule has 1 fully saturated rings. The molecule has 1 N–H and O–H groups in total. The molecule has 1 saturated heterocycles. The summed E-state index contributed by atoms with van der Waals surface area (Å²) >= 11 is 0. The number of carbonyl (C=O) groups is 1. The number of nitro benzene ring substituents is 1. The van der Waals surface area contributed by atoms with E-state index in [1.165, 1.54) is 24.3 Å². The second-order valence-electron chi connectivity index (χ2n) is 4.91. The zero-order valence-electron chi connectivity index (χ0n) is 11.7. The van der Waals surface area contributed by atoms with Gasteiger partial charge >= 0.3 is 6.03 Å². The number of amides is 2. The molecule has 1 aliphatic heterocycles. The van der Waals surface area contributed by atoms with Gasteiger partial charge in [0.25, 0.3) is 5.69 Å². The minimum Gasteiger partial charge on any atom is -0.324 e. The molecule has 114 valence electrons. The van der Waals surface area contributed by atoms with Crippen molar-refractivity contribution < 1.29 is 13.9 Å². The number of nitrogens with zero attached hydrogens (tertiary/aromatic N) is 2. The van der Waals surface area contributed by atoms with E-state index in [4.69, 9.17) is 0 Å². The number of hydrogen-bond donors (Lipinski definition) is 1. The normalized spacial score (nSPS) is 22.4. The molecule has 21 heavy (non-hydrogen) atoms. The zero-order chi connectivity index (χ0) is 15.4. The number of rotatable bonds is 2. The van der Waals surface area contributed by atoms with Crippen molar-refractivity contribution in [1.29, 1.82) is 0 Å².